The van der Waals surface area contributed by atoms with E-state index in [2.05, 4.69) is 5.32 Å². The third-order valence-electron chi connectivity index (χ3n) is 3.40. The molecule has 120 valence electrons. The van der Waals surface area contributed by atoms with Crippen molar-refractivity contribution in [3.63, 3.8) is 0 Å². The van der Waals surface area contributed by atoms with Crippen LogP contribution in [-0.2, 0) is 14.4 Å². The van der Waals surface area contributed by atoms with Crippen LogP contribution >= 0.6 is 0 Å². The van der Waals surface area contributed by atoms with Gasteiger partial charge in [0, 0.05) is 5.92 Å². The quantitative estimate of drug-likeness (QED) is 0.752. The summed E-state index contributed by atoms with van der Waals surface area (Å²) in [6.45, 7) is -0.236. The zero-order chi connectivity index (χ0) is 16.0. The van der Waals surface area contributed by atoms with E-state index in [1.165, 1.54) is 6.92 Å². The average molecular weight is 308 g/mol. The highest BCUT2D eigenvalue weighted by Gasteiger charge is 2.31. The monoisotopic (exact) mass is 308 g/mol. The summed E-state index contributed by atoms with van der Waals surface area (Å²) in [5.74, 6) is -2.82. The molecule has 1 unspecified atom stereocenters. The van der Waals surface area contributed by atoms with Gasteiger partial charge in [-0.15, -0.1) is 0 Å². The van der Waals surface area contributed by atoms with E-state index in [4.69, 9.17) is 0 Å². The first-order valence-corrected chi connectivity index (χ1v) is 6.90. The Hall–Kier alpha value is -1.60. The van der Waals surface area contributed by atoms with Gasteiger partial charge in [0.15, 0.2) is 0 Å². The normalized spacial score (nSPS) is 17.9. The molecule has 0 aliphatic heterocycles. The molecule has 2 amide bonds. The molecule has 0 aromatic rings. The average Bonchev–Trinajstić information content (AvgIpc) is 2.43. The molecule has 1 atom stereocenters. The van der Waals surface area contributed by atoms with Crippen molar-refractivity contribution in [2.45, 2.75) is 51.2 Å². The number of ketones is 1. The van der Waals surface area contributed by atoms with E-state index in [1.54, 1.807) is 5.32 Å². The summed E-state index contributed by atoms with van der Waals surface area (Å²) >= 11 is 0. The Labute approximate surface area is 120 Å². The fraction of sp³-hybridized carbons (Fsp3) is 0.769. The number of nitrogens with one attached hydrogen (secondary N) is 2. The lowest BCUT2D eigenvalue weighted by Crippen LogP contribution is -2.49. The van der Waals surface area contributed by atoms with E-state index in [1.807, 2.05) is 0 Å². The van der Waals surface area contributed by atoms with Crippen molar-refractivity contribution in [1.82, 2.24) is 10.6 Å². The van der Waals surface area contributed by atoms with Crippen LogP contribution in [0.4, 0.5) is 13.2 Å². The first-order valence-electron chi connectivity index (χ1n) is 6.90. The maximum absolute atomic E-state index is 12.0. The fourth-order valence-electron chi connectivity index (χ4n) is 2.22. The molecule has 2 N–H and O–H groups in total. The summed E-state index contributed by atoms with van der Waals surface area (Å²) in [5, 5.41) is 3.80. The Morgan fingerprint density at radius 2 is 1.71 bits per heavy atom. The van der Waals surface area contributed by atoms with Gasteiger partial charge < -0.3 is 10.6 Å². The van der Waals surface area contributed by atoms with Crippen LogP contribution < -0.4 is 10.6 Å². The molecule has 1 rings (SSSR count). The third kappa shape index (κ3) is 6.14. The first-order chi connectivity index (χ1) is 9.70. The number of amides is 2. The molecule has 0 aromatic carbocycles. The van der Waals surface area contributed by atoms with Crippen molar-refractivity contribution < 1.29 is 27.6 Å². The molecule has 0 spiro atoms. The molecule has 1 aliphatic carbocycles. The SMILES string of the molecule is CC(NC(=O)C(=O)C1CCCCC1)C(=O)NCC(F)(F)F. The summed E-state index contributed by atoms with van der Waals surface area (Å²) < 4.78 is 35.9. The van der Waals surface area contributed by atoms with Crippen LogP contribution in [0.2, 0.25) is 0 Å². The Kier molecular flexibility index (Phi) is 6.17. The van der Waals surface area contributed by atoms with Crippen LogP contribution in [0.15, 0.2) is 0 Å². The summed E-state index contributed by atoms with van der Waals surface area (Å²) in [7, 11) is 0. The van der Waals surface area contributed by atoms with E-state index in [9.17, 15) is 27.6 Å². The maximum atomic E-state index is 12.0. The van der Waals surface area contributed by atoms with Gasteiger partial charge in [0.2, 0.25) is 11.7 Å². The highest BCUT2D eigenvalue weighted by Crippen LogP contribution is 2.24. The Balaban J connectivity index is 2.41. The number of halogens is 3. The predicted molar refractivity (Wildman–Crippen MR) is 68.3 cm³/mol. The number of carbonyl (C=O) groups is 3. The minimum Gasteiger partial charge on any atom is -0.345 e. The fourth-order valence-corrected chi connectivity index (χ4v) is 2.22. The van der Waals surface area contributed by atoms with Crippen LogP contribution in [0.25, 0.3) is 0 Å². The minimum atomic E-state index is -4.52. The van der Waals surface area contributed by atoms with Gasteiger partial charge in [0.25, 0.3) is 5.91 Å². The summed E-state index contributed by atoms with van der Waals surface area (Å²) in [6, 6.07) is -1.19. The van der Waals surface area contributed by atoms with Gasteiger partial charge in [-0.2, -0.15) is 13.2 Å². The van der Waals surface area contributed by atoms with Gasteiger partial charge in [0.1, 0.15) is 12.6 Å². The minimum absolute atomic E-state index is 0.343. The van der Waals surface area contributed by atoms with Crippen LogP contribution in [0, 0.1) is 5.92 Å². The number of rotatable bonds is 5. The number of alkyl halides is 3. The molecule has 1 saturated carbocycles. The van der Waals surface area contributed by atoms with Crippen LogP contribution in [0.1, 0.15) is 39.0 Å². The van der Waals surface area contributed by atoms with Gasteiger partial charge in [-0.3, -0.25) is 14.4 Å². The number of hydrogen-bond acceptors (Lipinski definition) is 3. The van der Waals surface area contributed by atoms with Crippen molar-refractivity contribution in [2.75, 3.05) is 6.54 Å². The molecule has 0 heterocycles. The van der Waals surface area contributed by atoms with Crippen LogP contribution in [0.5, 0.6) is 0 Å². The summed E-state index contributed by atoms with van der Waals surface area (Å²) in [4.78, 5) is 34.9. The molecule has 5 nitrogen and oxygen atoms in total. The largest absolute Gasteiger partial charge is 0.405 e. The zero-order valence-electron chi connectivity index (χ0n) is 11.8. The molecular formula is C13H19F3N2O3. The lowest BCUT2D eigenvalue weighted by Gasteiger charge is -2.21. The van der Waals surface area contributed by atoms with Crippen molar-refractivity contribution in [1.29, 1.82) is 0 Å². The number of Topliss-reactive ketones (excluding diaryl/α,β-unsaturated/α-hetero) is 1. The number of hydrogen-bond donors (Lipinski definition) is 2. The summed E-state index contributed by atoms with van der Waals surface area (Å²) in [5.41, 5.74) is 0. The topological polar surface area (TPSA) is 75.3 Å². The zero-order valence-corrected chi connectivity index (χ0v) is 11.8. The smallest absolute Gasteiger partial charge is 0.345 e. The van der Waals surface area contributed by atoms with Crippen LogP contribution in [-0.4, -0.2) is 36.4 Å². The Morgan fingerprint density at radius 1 is 1.14 bits per heavy atom. The van der Waals surface area contributed by atoms with Crippen molar-refractivity contribution >= 4 is 17.6 Å². The maximum Gasteiger partial charge on any atom is 0.405 e. The van der Waals surface area contributed by atoms with Crippen molar-refractivity contribution in [2.24, 2.45) is 5.92 Å². The molecular weight excluding hydrogens is 289 g/mol. The van der Waals surface area contributed by atoms with Gasteiger partial charge >= 0.3 is 6.18 Å². The Bertz CT molecular complexity index is 404. The van der Waals surface area contributed by atoms with E-state index >= 15 is 0 Å². The Morgan fingerprint density at radius 3 is 2.24 bits per heavy atom. The van der Waals surface area contributed by atoms with Gasteiger partial charge in [-0.25, -0.2) is 0 Å². The first kappa shape index (κ1) is 17.5. The second-order valence-corrected chi connectivity index (χ2v) is 5.23. The van der Waals surface area contributed by atoms with Crippen LogP contribution in [0.3, 0.4) is 0 Å². The summed E-state index contributed by atoms with van der Waals surface area (Å²) in [6.07, 6.45) is -0.447. The molecule has 0 saturated heterocycles. The molecule has 0 aromatic heterocycles. The highest BCUT2D eigenvalue weighted by molar-refractivity contribution is 6.37. The highest BCUT2D eigenvalue weighted by atomic mass is 19.4. The second kappa shape index (κ2) is 7.42. The van der Waals surface area contributed by atoms with E-state index in [0.29, 0.717) is 12.8 Å². The van der Waals surface area contributed by atoms with Gasteiger partial charge in [-0.1, -0.05) is 19.3 Å². The molecule has 8 heteroatoms. The van der Waals surface area contributed by atoms with Gasteiger partial charge in [0.05, 0.1) is 0 Å². The van der Waals surface area contributed by atoms with Crippen molar-refractivity contribution in [3.8, 4) is 0 Å². The molecule has 1 fully saturated rings. The van der Waals surface area contributed by atoms with E-state index in [0.717, 1.165) is 19.3 Å². The molecule has 21 heavy (non-hydrogen) atoms. The van der Waals surface area contributed by atoms with E-state index in [-0.39, 0.29) is 5.92 Å². The standard InChI is InChI=1S/C13H19F3N2O3/c1-8(11(20)17-7-13(14,15)16)18-12(21)10(19)9-5-3-2-4-6-9/h8-9H,2-7H2,1H3,(H,17,20)(H,18,21). The lowest BCUT2D eigenvalue weighted by atomic mass is 9.86. The second-order valence-electron chi connectivity index (χ2n) is 5.23. The predicted octanol–water partition coefficient (Wildman–Crippen LogP) is 1.32. The molecule has 0 bridgehead atoms. The molecule has 1 aliphatic rings. The van der Waals surface area contributed by atoms with Gasteiger partial charge in [-0.05, 0) is 19.8 Å². The van der Waals surface area contributed by atoms with Crippen molar-refractivity contribution in [3.05, 3.63) is 0 Å². The van der Waals surface area contributed by atoms with E-state index < -0.39 is 36.4 Å². The number of carbonyl (C=O) groups excluding carboxylic acids is 3. The lowest BCUT2D eigenvalue weighted by molar-refractivity contribution is -0.144. The molecule has 0 radical (unpaired) electrons. The third-order valence-corrected chi connectivity index (χ3v) is 3.40.